The molecule has 160 valence electrons. The summed E-state index contributed by atoms with van der Waals surface area (Å²) in [5.74, 6) is 1.02. The molecule has 2 aromatic carbocycles. The van der Waals surface area contributed by atoms with Crippen LogP contribution in [0.4, 0.5) is 5.13 Å². The summed E-state index contributed by atoms with van der Waals surface area (Å²) in [6, 6.07) is 19.1. The second-order valence-corrected chi connectivity index (χ2v) is 8.64. The van der Waals surface area contributed by atoms with Crippen LogP contribution in [0.15, 0.2) is 54.6 Å². The third kappa shape index (κ3) is 6.44. The summed E-state index contributed by atoms with van der Waals surface area (Å²) >= 11 is 1.73. The molecule has 0 bridgehead atoms. The molecule has 0 spiro atoms. The van der Waals surface area contributed by atoms with Crippen LogP contribution in [0, 0.1) is 17.2 Å². The summed E-state index contributed by atoms with van der Waals surface area (Å²) in [5, 5.41) is 1.10. The first-order valence-corrected chi connectivity index (χ1v) is 11.3. The van der Waals surface area contributed by atoms with Gasteiger partial charge in [0.15, 0.2) is 0 Å². The molecule has 0 atom stereocenters. The number of aromatic nitrogens is 2. The highest BCUT2D eigenvalue weighted by Gasteiger charge is 2.29. The molecule has 0 saturated carbocycles. The van der Waals surface area contributed by atoms with E-state index in [0.29, 0.717) is 0 Å². The van der Waals surface area contributed by atoms with Gasteiger partial charge in [0.2, 0.25) is 0 Å². The second kappa shape index (κ2) is 9.80. The van der Waals surface area contributed by atoms with E-state index in [0.717, 1.165) is 48.4 Å². The number of rotatable bonds is 3. The highest BCUT2D eigenvalue weighted by molar-refractivity contribution is 7.06. The number of hydrogen-bond donors (Lipinski definition) is 0. The lowest BCUT2D eigenvalue weighted by molar-refractivity contribution is -2.00. The molecule has 0 unspecified atom stereocenters. The van der Waals surface area contributed by atoms with E-state index >= 15 is 0 Å². The smallest absolute Gasteiger partial charge is 0.322 e. The van der Waals surface area contributed by atoms with E-state index in [2.05, 4.69) is 82.3 Å². The standard InChI is InChI=1S/C20H23N4S.ClHO4/c1-16-8-10-17(11-9-16)19-21-20(23-14-12-22(2)13-15-23)25-24(19)18-6-4-3-5-7-18;2-1(3,4)5/h3-11H,12-15H2,1-2H3;(H,2,3,4,5)/q+1;/p-1. The molecule has 0 N–H and O–H groups in total. The molecule has 1 aliphatic rings. The molecule has 0 radical (unpaired) electrons. The first-order chi connectivity index (χ1) is 14.2. The van der Waals surface area contributed by atoms with Crippen LogP contribution in [-0.2, 0) is 0 Å². The van der Waals surface area contributed by atoms with Crippen molar-refractivity contribution in [2.45, 2.75) is 6.92 Å². The monoisotopic (exact) mass is 450 g/mol. The number of halogens is 1. The van der Waals surface area contributed by atoms with E-state index in [1.165, 1.54) is 5.56 Å². The van der Waals surface area contributed by atoms with E-state index < -0.39 is 10.2 Å². The zero-order chi connectivity index (χ0) is 21.7. The summed E-state index contributed by atoms with van der Waals surface area (Å²) < 4.78 is 36.2. The van der Waals surface area contributed by atoms with E-state index in [4.69, 9.17) is 23.6 Å². The van der Waals surface area contributed by atoms with Crippen molar-refractivity contribution in [1.29, 1.82) is 0 Å². The number of nitrogens with zero attached hydrogens (tertiary/aromatic N) is 4. The van der Waals surface area contributed by atoms with Crippen molar-refractivity contribution in [3.05, 3.63) is 60.2 Å². The van der Waals surface area contributed by atoms with Crippen LogP contribution < -0.4 is 27.5 Å². The Morgan fingerprint density at radius 1 is 0.900 bits per heavy atom. The molecule has 8 nitrogen and oxygen atoms in total. The normalized spacial score (nSPS) is 14.9. The van der Waals surface area contributed by atoms with E-state index in [1.54, 1.807) is 11.5 Å². The minimum atomic E-state index is -4.94. The fourth-order valence-electron chi connectivity index (χ4n) is 3.03. The number of hydrogen-bond acceptors (Lipinski definition) is 8. The van der Waals surface area contributed by atoms with Crippen molar-refractivity contribution in [2.75, 3.05) is 38.1 Å². The average Bonchev–Trinajstić information content (AvgIpc) is 3.14. The van der Waals surface area contributed by atoms with Crippen LogP contribution >= 0.6 is 11.5 Å². The molecule has 4 rings (SSSR count). The minimum Gasteiger partial charge on any atom is -0.322 e. The zero-order valence-electron chi connectivity index (χ0n) is 16.7. The zero-order valence-corrected chi connectivity index (χ0v) is 18.3. The van der Waals surface area contributed by atoms with Crippen molar-refractivity contribution in [2.24, 2.45) is 0 Å². The van der Waals surface area contributed by atoms with Gasteiger partial charge in [-0.15, -0.1) is 14.2 Å². The molecular weight excluding hydrogens is 428 g/mol. The summed E-state index contributed by atoms with van der Waals surface area (Å²) in [6.45, 7) is 6.36. The Balaban J connectivity index is 0.000000461. The highest BCUT2D eigenvalue weighted by Crippen LogP contribution is 2.25. The Kier molecular flexibility index (Phi) is 7.37. The van der Waals surface area contributed by atoms with Crippen molar-refractivity contribution in [3.8, 4) is 17.1 Å². The van der Waals surface area contributed by atoms with Crippen LogP contribution in [0.3, 0.4) is 0 Å². The van der Waals surface area contributed by atoms with E-state index in [1.807, 2.05) is 0 Å². The SMILES string of the molecule is Cc1ccc(-c2nc(N3CCN(C)CC3)s[n+]2-c2ccccc2)cc1.[O-][Cl+3]([O-])([O-])[O-]. The van der Waals surface area contributed by atoms with Gasteiger partial charge >= 0.3 is 11.0 Å². The summed E-state index contributed by atoms with van der Waals surface area (Å²) in [6.07, 6.45) is 0. The van der Waals surface area contributed by atoms with E-state index in [-0.39, 0.29) is 0 Å². The van der Waals surface area contributed by atoms with Crippen LogP contribution in [0.5, 0.6) is 0 Å². The van der Waals surface area contributed by atoms with Gasteiger partial charge < -0.3 is 9.80 Å². The Hall–Kier alpha value is -2.11. The van der Waals surface area contributed by atoms with Crippen LogP contribution in [0.2, 0.25) is 0 Å². The molecular formula is C20H23ClN4O4S. The third-order valence-corrected chi connectivity index (χ3v) is 5.72. The van der Waals surface area contributed by atoms with E-state index in [9.17, 15) is 0 Å². The van der Waals surface area contributed by atoms with Crippen molar-refractivity contribution >= 4 is 16.7 Å². The molecule has 10 heteroatoms. The third-order valence-electron chi connectivity index (χ3n) is 4.64. The van der Waals surface area contributed by atoms with Gasteiger partial charge in [-0.3, -0.25) is 0 Å². The van der Waals surface area contributed by atoms with Gasteiger partial charge in [0, 0.05) is 26.2 Å². The van der Waals surface area contributed by atoms with Crippen molar-refractivity contribution in [1.82, 2.24) is 9.88 Å². The van der Waals surface area contributed by atoms with Crippen LogP contribution in [0.1, 0.15) is 5.56 Å². The minimum absolute atomic E-state index is 1.02. The summed E-state index contributed by atoms with van der Waals surface area (Å²) in [7, 11) is -2.76. The van der Waals surface area contributed by atoms with Crippen LogP contribution in [0.25, 0.3) is 17.1 Å². The summed E-state index contributed by atoms with van der Waals surface area (Å²) in [4.78, 5) is 9.80. The molecule has 30 heavy (non-hydrogen) atoms. The lowest BCUT2D eigenvalue weighted by atomic mass is 10.1. The molecule has 1 fully saturated rings. The van der Waals surface area contributed by atoms with Gasteiger partial charge in [0.05, 0.1) is 5.56 Å². The number of likely N-dealkylation sites (N-methyl/N-ethyl adjacent to an activating group) is 1. The Labute approximate surface area is 181 Å². The largest absolute Gasteiger partial charge is 0.350 e. The highest BCUT2D eigenvalue weighted by atomic mass is 35.7. The van der Waals surface area contributed by atoms with Crippen LogP contribution in [-0.4, -0.2) is 43.1 Å². The summed E-state index contributed by atoms with van der Waals surface area (Å²) in [5.41, 5.74) is 3.59. The fourth-order valence-corrected chi connectivity index (χ4v) is 4.08. The van der Waals surface area contributed by atoms with Gasteiger partial charge in [0.1, 0.15) is 17.2 Å². The number of para-hydroxylation sites is 1. The van der Waals surface area contributed by atoms with Gasteiger partial charge in [-0.1, -0.05) is 35.9 Å². The molecule has 1 aromatic heterocycles. The Morgan fingerprint density at radius 3 is 2.03 bits per heavy atom. The number of piperazine rings is 1. The van der Waals surface area contributed by atoms with Crippen molar-refractivity contribution < 1.29 is 32.8 Å². The molecule has 3 aromatic rings. The molecule has 0 aliphatic carbocycles. The predicted octanol–water partition coefficient (Wildman–Crippen LogP) is -1.61. The first-order valence-electron chi connectivity index (χ1n) is 9.32. The maximum absolute atomic E-state index is 8.49. The quantitative estimate of drug-likeness (QED) is 0.441. The van der Waals surface area contributed by atoms with Gasteiger partial charge in [-0.2, -0.15) is 0 Å². The van der Waals surface area contributed by atoms with Gasteiger partial charge in [-0.05, 0) is 43.2 Å². The van der Waals surface area contributed by atoms with Gasteiger partial charge in [0.25, 0.3) is 0 Å². The maximum Gasteiger partial charge on any atom is 0.350 e. The number of anilines is 1. The van der Waals surface area contributed by atoms with Crippen molar-refractivity contribution in [3.63, 3.8) is 0 Å². The maximum atomic E-state index is 8.49. The molecule has 2 heterocycles. The number of aryl methyl sites for hydroxylation is 1. The molecule has 1 aliphatic heterocycles. The first kappa shape index (κ1) is 22.6. The topological polar surface area (TPSA) is 115 Å². The average molecular weight is 451 g/mol. The fraction of sp³-hybridized carbons (Fsp3) is 0.300. The second-order valence-electron chi connectivity index (χ2n) is 6.97. The number of benzene rings is 2. The molecule has 0 amide bonds. The Morgan fingerprint density at radius 2 is 1.47 bits per heavy atom. The Bertz CT molecular complexity index is 934. The van der Waals surface area contributed by atoms with Gasteiger partial charge in [-0.25, -0.2) is 18.6 Å². The predicted molar refractivity (Wildman–Crippen MR) is 104 cm³/mol. The lowest BCUT2D eigenvalue weighted by Crippen LogP contribution is -2.68. The molecule has 1 saturated heterocycles. The lowest BCUT2D eigenvalue weighted by Gasteiger charge is -2.30.